The Kier molecular flexibility index (Phi) is 6.88. The van der Waals surface area contributed by atoms with Gasteiger partial charge in [0.1, 0.15) is 6.29 Å². The molecule has 0 radical (unpaired) electrons. The summed E-state index contributed by atoms with van der Waals surface area (Å²) in [5.74, 6) is -1.09. The third-order valence-corrected chi connectivity index (χ3v) is 6.93. The van der Waals surface area contributed by atoms with Gasteiger partial charge in [0.15, 0.2) is 0 Å². The van der Waals surface area contributed by atoms with Crippen molar-refractivity contribution in [3.05, 3.63) is 88.5 Å². The largest absolute Gasteiger partial charge is 0.478 e. The van der Waals surface area contributed by atoms with Crippen molar-refractivity contribution in [2.45, 2.75) is 70.6 Å². The number of aldehydes is 1. The van der Waals surface area contributed by atoms with E-state index in [0.29, 0.717) is 12.0 Å². The van der Waals surface area contributed by atoms with E-state index in [9.17, 15) is 9.59 Å². The molecule has 0 fully saturated rings. The minimum Gasteiger partial charge on any atom is -0.478 e. The summed E-state index contributed by atoms with van der Waals surface area (Å²) in [5, 5.41) is 9.11. The Hall–Kier alpha value is -2.94. The van der Waals surface area contributed by atoms with Gasteiger partial charge in [0.05, 0.1) is 0 Å². The SMILES string of the molecule is C/C(=C\CC(/C=C\C(=O)O)c1cccc(C=O)c1)c1ccc2c(c1)C(C)(C)CCC2(C)C. The highest BCUT2D eigenvalue weighted by molar-refractivity contribution is 5.80. The number of benzene rings is 2. The predicted octanol–water partition coefficient (Wildman–Crippen LogP) is 7.07. The fraction of sp³-hybridized carbons (Fsp3) is 0.379. The van der Waals surface area contributed by atoms with Crippen molar-refractivity contribution in [3.63, 3.8) is 0 Å². The minimum absolute atomic E-state index is 0.117. The molecule has 2 aromatic carbocycles. The van der Waals surface area contributed by atoms with Crippen LogP contribution in [0.15, 0.2) is 60.7 Å². The Labute approximate surface area is 191 Å². The van der Waals surface area contributed by atoms with Crippen LogP contribution in [0.3, 0.4) is 0 Å². The summed E-state index contributed by atoms with van der Waals surface area (Å²) in [4.78, 5) is 22.3. The number of hydrogen-bond acceptors (Lipinski definition) is 2. The van der Waals surface area contributed by atoms with E-state index in [0.717, 1.165) is 11.8 Å². The first kappa shape index (κ1) is 23.7. The van der Waals surface area contributed by atoms with Crippen LogP contribution in [-0.4, -0.2) is 17.4 Å². The molecule has 1 atom stereocenters. The summed E-state index contributed by atoms with van der Waals surface area (Å²) in [7, 11) is 0. The van der Waals surface area contributed by atoms with Gasteiger partial charge in [-0.15, -0.1) is 0 Å². The van der Waals surface area contributed by atoms with Gasteiger partial charge in [0.2, 0.25) is 0 Å². The average molecular weight is 431 g/mol. The van der Waals surface area contributed by atoms with Gasteiger partial charge in [-0.05, 0) is 70.9 Å². The molecule has 0 heterocycles. The van der Waals surface area contributed by atoms with Gasteiger partial charge in [-0.25, -0.2) is 4.79 Å². The van der Waals surface area contributed by atoms with Gasteiger partial charge in [-0.3, -0.25) is 4.79 Å². The lowest BCUT2D eigenvalue weighted by Crippen LogP contribution is -2.33. The first-order chi connectivity index (χ1) is 15.0. The minimum atomic E-state index is -0.971. The molecule has 1 aliphatic rings. The Balaban J connectivity index is 1.92. The number of carbonyl (C=O) groups excluding carboxylic acids is 1. The molecule has 3 heteroatoms. The predicted molar refractivity (Wildman–Crippen MR) is 131 cm³/mol. The molecule has 0 amide bonds. The lowest BCUT2D eigenvalue weighted by molar-refractivity contribution is -0.131. The maximum absolute atomic E-state index is 11.2. The molecule has 0 spiro atoms. The molecule has 3 rings (SSSR count). The van der Waals surface area contributed by atoms with E-state index < -0.39 is 5.97 Å². The third-order valence-electron chi connectivity index (χ3n) is 6.93. The third kappa shape index (κ3) is 5.27. The highest BCUT2D eigenvalue weighted by atomic mass is 16.4. The molecule has 168 valence electrons. The Morgan fingerprint density at radius 2 is 1.72 bits per heavy atom. The number of carbonyl (C=O) groups is 2. The number of allylic oxidation sites excluding steroid dienone is 3. The summed E-state index contributed by atoms with van der Waals surface area (Å²) in [6.07, 6.45) is 8.91. The molecule has 0 aromatic heterocycles. The number of hydrogen-bond donors (Lipinski definition) is 1. The fourth-order valence-corrected chi connectivity index (χ4v) is 4.64. The quantitative estimate of drug-likeness (QED) is 0.378. The van der Waals surface area contributed by atoms with Gasteiger partial charge in [-0.2, -0.15) is 0 Å². The van der Waals surface area contributed by atoms with Crippen LogP contribution in [0.2, 0.25) is 0 Å². The first-order valence-corrected chi connectivity index (χ1v) is 11.3. The van der Waals surface area contributed by atoms with Gasteiger partial charge < -0.3 is 5.11 Å². The monoisotopic (exact) mass is 430 g/mol. The lowest BCUT2D eigenvalue weighted by Gasteiger charge is -2.42. The molecule has 1 unspecified atom stereocenters. The van der Waals surface area contributed by atoms with Crippen LogP contribution in [0, 0.1) is 0 Å². The zero-order chi connectivity index (χ0) is 23.5. The summed E-state index contributed by atoms with van der Waals surface area (Å²) < 4.78 is 0. The molecule has 1 aliphatic carbocycles. The molecule has 1 N–H and O–H groups in total. The average Bonchev–Trinajstić information content (AvgIpc) is 2.76. The molecule has 32 heavy (non-hydrogen) atoms. The lowest BCUT2D eigenvalue weighted by atomic mass is 9.63. The molecule has 0 saturated carbocycles. The Morgan fingerprint density at radius 3 is 2.38 bits per heavy atom. The van der Waals surface area contributed by atoms with E-state index in [1.54, 1.807) is 12.1 Å². The van der Waals surface area contributed by atoms with E-state index >= 15 is 0 Å². The van der Waals surface area contributed by atoms with E-state index in [2.05, 4.69) is 58.9 Å². The molecule has 3 nitrogen and oxygen atoms in total. The van der Waals surface area contributed by atoms with Gasteiger partial charge in [0, 0.05) is 17.6 Å². The van der Waals surface area contributed by atoms with E-state index in [1.165, 1.54) is 41.2 Å². The smallest absolute Gasteiger partial charge is 0.327 e. The van der Waals surface area contributed by atoms with Crippen LogP contribution in [0.5, 0.6) is 0 Å². The summed E-state index contributed by atoms with van der Waals surface area (Å²) in [6.45, 7) is 11.4. The van der Waals surface area contributed by atoms with Crippen molar-refractivity contribution in [2.24, 2.45) is 0 Å². The van der Waals surface area contributed by atoms with Crippen molar-refractivity contribution in [1.29, 1.82) is 0 Å². The maximum atomic E-state index is 11.2. The highest BCUT2D eigenvalue weighted by Crippen LogP contribution is 2.46. The summed E-state index contributed by atoms with van der Waals surface area (Å²) in [6, 6.07) is 14.2. The van der Waals surface area contributed by atoms with Crippen LogP contribution in [0.25, 0.3) is 5.57 Å². The van der Waals surface area contributed by atoms with Crippen molar-refractivity contribution in [2.75, 3.05) is 0 Å². The van der Waals surface area contributed by atoms with Crippen molar-refractivity contribution in [1.82, 2.24) is 0 Å². The number of rotatable bonds is 7. The van der Waals surface area contributed by atoms with Crippen LogP contribution < -0.4 is 0 Å². The second-order valence-corrected chi connectivity index (χ2v) is 10.2. The van der Waals surface area contributed by atoms with Crippen LogP contribution in [0.1, 0.15) is 92.4 Å². The zero-order valence-electron chi connectivity index (χ0n) is 19.8. The van der Waals surface area contributed by atoms with E-state index in [1.807, 2.05) is 18.2 Å². The Bertz CT molecular complexity index is 1070. The highest BCUT2D eigenvalue weighted by Gasteiger charge is 2.36. The molecular weight excluding hydrogens is 396 g/mol. The standard InChI is InChI=1S/C29H34O3/c1-20(23-11-13-25-26(18-23)29(4,5)16-15-28(25,2)3)9-10-22(12-14-27(31)32)24-8-6-7-21(17-24)19-30/h6-9,11-14,17-19,22H,10,15-16H2,1-5H3,(H,31,32)/b14-12-,20-9+. The summed E-state index contributed by atoms with van der Waals surface area (Å²) in [5.41, 5.74) is 7.13. The zero-order valence-corrected chi connectivity index (χ0v) is 19.8. The van der Waals surface area contributed by atoms with Crippen molar-refractivity contribution in [3.8, 4) is 0 Å². The second-order valence-electron chi connectivity index (χ2n) is 10.2. The molecule has 0 bridgehead atoms. The van der Waals surface area contributed by atoms with Crippen molar-refractivity contribution >= 4 is 17.8 Å². The number of carboxylic acid groups (broad SMARTS) is 1. The van der Waals surface area contributed by atoms with Crippen LogP contribution >= 0.6 is 0 Å². The second kappa shape index (κ2) is 9.28. The van der Waals surface area contributed by atoms with E-state index in [-0.39, 0.29) is 16.7 Å². The number of fused-ring (bicyclic) bond motifs is 1. The van der Waals surface area contributed by atoms with Gasteiger partial charge >= 0.3 is 5.97 Å². The van der Waals surface area contributed by atoms with Crippen LogP contribution in [0.4, 0.5) is 0 Å². The summed E-state index contributed by atoms with van der Waals surface area (Å²) >= 11 is 0. The van der Waals surface area contributed by atoms with Gasteiger partial charge in [0.25, 0.3) is 0 Å². The molecular formula is C29H34O3. The maximum Gasteiger partial charge on any atom is 0.327 e. The molecule has 0 aliphatic heterocycles. The van der Waals surface area contributed by atoms with E-state index in [4.69, 9.17) is 5.11 Å². The number of carboxylic acids is 1. The normalized spacial score (nSPS) is 18.2. The topological polar surface area (TPSA) is 54.4 Å². The van der Waals surface area contributed by atoms with Crippen molar-refractivity contribution < 1.29 is 14.7 Å². The molecule has 0 saturated heterocycles. The van der Waals surface area contributed by atoms with Crippen LogP contribution in [-0.2, 0) is 15.6 Å². The Morgan fingerprint density at radius 1 is 1.03 bits per heavy atom. The van der Waals surface area contributed by atoms with Gasteiger partial charge in [-0.1, -0.05) is 76.2 Å². The molecule has 2 aromatic rings. The number of aliphatic carboxylic acids is 1. The first-order valence-electron chi connectivity index (χ1n) is 11.3. The fourth-order valence-electron chi connectivity index (χ4n) is 4.64.